The molecule has 1 rings (SSSR count). The number of hydrazine groups is 2. The minimum atomic E-state index is 0.0579. The molecule has 1 heterocycles. The summed E-state index contributed by atoms with van der Waals surface area (Å²) >= 11 is 4.79. The average molecular weight is 211 g/mol. The van der Waals surface area contributed by atoms with Crippen LogP contribution in [-0.2, 0) is 0 Å². The number of nitrogens with zero attached hydrogens (tertiary/aromatic N) is 1. The highest BCUT2D eigenvalue weighted by atomic mass is 32.1. The lowest BCUT2D eigenvalue weighted by Gasteiger charge is -2.14. The molecule has 76 valence electrons. The smallest absolute Gasteiger partial charge is 0.195 e. The fourth-order valence-electron chi connectivity index (χ4n) is 0.916. The second kappa shape index (κ2) is 5.48. The molecular formula is C8H13N5S. The van der Waals surface area contributed by atoms with Crippen molar-refractivity contribution in [1.29, 1.82) is 0 Å². The minimum Gasteiger partial charge on any atom is -0.300 e. The fourth-order valence-corrected chi connectivity index (χ4v) is 0.975. The topological polar surface area (TPSA) is 75.0 Å². The first-order valence-corrected chi connectivity index (χ1v) is 4.58. The Labute approximate surface area is 88.0 Å². The van der Waals surface area contributed by atoms with Gasteiger partial charge in [-0.25, -0.2) is 11.3 Å². The van der Waals surface area contributed by atoms with Crippen LogP contribution in [0.3, 0.4) is 0 Å². The van der Waals surface area contributed by atoms with Crippen LogP contribution in [0.5, 0.6) is 0 Å². The van der Waals surface area contributed by atoms with Crippen LogP contribution in [0.1, 0.15) is 18.7 Å². The van der Waals surface area contributed by atoms with Crippen LogP contribution in [0.2, 0.25) is 0 Å². The molecule has 1 unspecified atom stereocenters. The standard InChI is InChI=1S/C8H13N5S/c1-6(12-13-8(14)11-9)7-4-2-3-5-10-7/h2-6,12H,9H2,1H3,(H2,11,13,14). The third kappa shape index (κ3) is 3.25. The molecule has 0 saturated carbocycles. The molecule has 0 spiro atoms. The number of aromatic nitrogens is 1. The predicted molar refractivity (Wildman–Crippen MR) is 58.8 cm³/mol. The van der Waals surface area contributed by atoms with Crippen LogP contribution in [0, 0.1) is 0 Å². The Hall–Kier alpha value is -1.24. The maximum Gasteiger partial charge on any atom is 0.195 e. The van der Waals surface area contributed by atoms with Crippen molar-refractivity contribution in [3.63, 3.8) is 0 Å². The molecule has 0 fully saturated rings. The van der Waals surface area contributed by atoms with Gasteiger partial charge in [-0.15, -0.1) is 0 Å². The van der Waals surface area contributed by atoms with Crippen LogP contribution in [0.25, 0.3) is 0 Å². The number of pyridine rings is 1. The first kappa shape index (κ1) is 10.8. The Kier molecular flexibility index (Phi) is 4.24. The molecule has 6 heteroatoms. The molecule has 0 aromatic carbocycles. The first-order chi connectivity index (χ1) is 6.74. The van der Waals surface area contributed by atoms with Crippen molar-refractivity contribution in [2.45, 2.75) is 13.0 Å². The van der Waals surface area contributed by atoms with E-state index in [1.54, 1.807) is 6.20 Å². The molecule has 5 N–H and O–H groups in total. The first-order valence-electron chi connectivity index (χ1n) is 4.17. The van der Waals surface area contributed by atoms with E-state index in [9.17, 15) is 0 Å². The second-order valence-electron chi connectivity index (χ2n) is 2.72. The molecule has 0 amide bonds. The van der Waals surface area contributed by atoms with E-state index in [1.165, 1.54) is 0 Å². The maximum atomic E-state index is 5.09. The summed E-state index contributed by atoms with van der Waals surface area (Å²) in [5, 5.41) is 0.341. The quantitative estimate of drug-likeness (QED) is 0.320. The van der Waals surface area contributed by atoms with Crippen molar-refractivity contribution in [2.24, 2.45) is 5.84 Å². The van der Waals surface area contributed by atoms with Gasteiger partial charge >= 0.3 is 0 Å². The molecular weight excluding hydrogens is 198 g/mol. The summed E-state index contributed by atoms with van der Waals surface area (Å²) < 4.78 is 0. The number of nitrogens with two attached hydrogens (primary N) is 1. The Bertz CT molecular complexity index is 289. The number of hydrogen-bond donors (Lipinski definition) is 4. The number of hydrogen-bond acceptors (Lipinski definition) is 4. The summed E-state index contributed by atoms with van der Waals surface area (Å²) in [4.78, 5) is 4.19. The Morgan fingerprint density at radius 1 is 1.57 bits per heavy atom. The molecule has 1 aromatic heterocycles. The van der Waals surface area contributed by atoms with Crippen LogP contribution in [0.4, 0.5) is 0 Å². The van der Waals surface area contributed by atoms with Gasteiger partial charge in [0.1, 0.15) is 0 Å². The summed E-state index contributed by atoms with van der Waals surface area (Å²) in [5.74, 6) is 5.09. The summed E-state index contributed by atoms with van der Waals surface area (Å²) in [6, 6.07) is 5.79. The highest BCUT2D eigenvalue weighted by molar-refractivity contribution is 7.80. The lowest BCUT2D eigenvalue weighted by atomic mass is 10.2. The number of nitrogens with one attached hydrogen (secondary N) is 3. The van der Waals surface area contributed by atoms with E-state index in [0.717, 1.165) is 5.69 Å². The summed E-state index contributed by atoms with van der Waals surface area (Å²) in [6.07, 6.45) is 1.74. The zero-order chi connectivity index (χ0) is 10.4. The number of rotatable bonds is 3. The van der Waals surface area contributed by atoms with Gasteiger partial charge < -0.3 is 0 Å². The van der Waals surface area contributed by atoms with Crippen LogP contribution in [0.15, 0.2) is 24.4 Å². The average Bonchev–Trinajstić information content (AvgIpc) is 2.26. The van der Waals surface area contributed by atoms with E-state index in [0.29, 0.717) is 5.11 Å². The molecule has 1 atom stereocenters. The minimum absolute atomic E-state index is 0.0579. The highest BCUT2D eigenvalue weighted by Gasteiger charge is 2.04. The van der Waals surface area contributed by atoms with Crippen molar-refractivity contribution in [3.8, 4) is 0 Å². The fraction of sp³-hybridized carbons (Fsp3) is 0.250. The molecule has 0 aliphatic rings. The molecule has 0 aliphatic heterocycles. The van der Waals surface area contributed by atoms with Crippen molar-refractivity contribution < 1.29 is 0 Å². The number of thiocarbonyl (C=S) groups is 1. The van der Waals surface area contributed by atoms with Gasteiger partial charge in [0.25, 0.3) is 0 Å². The molecule has 0 aliphatic carbocycles. The largest absolute Gasteiger partial charge is 0.300 e. The van der Waals surface area contributed by atoms with E-state index < -0.39 is 0 Å². The highest BCUT2D eigenvalue weighted by Crippen LogP contribution is 2.05. The molecule has 0 bridgehead atoms. The molecule has 0 saturated heterocycles. The Morgan fingerprint density at radius 3 is 2.93 bits per heavy atom. The maximum absolute atomic E-state index is 5.09. The Morgan fingerprint density at radius 2 is 2.36 bits per heavy atom. The van der Waals surface area contributed by atoms with Gasteiger partial charge in [-0.3, -0.25) is 15.8 Å². The van der Waals surface area contributed by atoms with Gasteiger partial charge in [-0.1, -0.05) is 6.07 Å². The molecule has 5 nitrogen and oxygen atoms in total. The molecule has 14 heavy (non-hydrogen) atoms. The third-order valence-corrected chi connectivity index (χ3v) is 1.88. The summed E-state index contributed by atoms with van der Waals surface area (Å²) in [6.45, 7) is 1.97. The Balaban J connectivity index is 2.43. The van der Waals surface area contributed by atoms with Crippen LogP contribution < -0.4 is 22.1 Å². The van der Waals surface area contributed by atoms with E-state index >= 15 is 0 Å². The monoisotopic (exact) mass is 211 g/mol. The van der Waals surface area contributed by atoms with E-state index in [-0.39, 0.29) is 6.04 Å². The van der Waals surface area contributed by atoms with Crippen LogP contribution in [-0.4, -0.2) is 10.1 Å². The lowest BCUT2D eigenvalue weighted by molar-refractivity contribution is 0.529. The van der Waals surface area contributed by atoms with Gasteiger partial charge in [-0.2, -0.15) is 0 Å². The third-order valence-electron chi connectivity index (χ3n) is 1.66. The zero-order valence-electron chi connectivity index (χ0n) is 7.82. The van der Waals surface area contributed by atoms with Crippen molar-refractivity contribution in [1.82, 2.24) is 21.3 Å². The summed E-state index contributed by atoms with van der Waals surface area (Å²) in [5.41, 5.74) is 8.93. The normalized spacial score (nSPS) is 11.9. The van der Waals surface area contributed by atoms with E-state index in [4.69, 9.17) is 18.1 Å². The van der Waals surface area contributed by atoms with Gasteiger partial charge in [0.05, 0.1) is 11.7 Å². The molecule has 0 radical (unpaired) electrons. The zero-order valence-corrected chi connectivity index (χ0v) is 8.64. The van der Waals surface area contributed by atoms with Crippen molar-refractivity contribution in [2.75, 3.05) is 0 Å². The van der Waals surface area contributed by atoms with Gasteiger partial charge in [0, 0.05) is 6.20 Å². The van der Waals surface area contributed by atoms with Gasteiger partial charge in [-0.05, 0) is 31.3 Å². The van der Waals surface area contributed by atoms with Crippen molar-refractivity contribution in [3.05, 3.63) is 30.1 Å². The lowest BCUT2D eigenvalue weighted by Crippen LogP contribution is -2.47. The van der Waals surface area contributed by atoms with E-state index in [1.807, 2.05) is 25.1 Å². The van der Waals surface area contributed by atoms with Crippen LogP contribution >= 0.6 is 12.2 Å². The van der Waals surface area contributed by atoms with Crippen molar-refractivity contribution >= 4 is 17.3 Å². The molecule has 1 aromatic rings. The van der Waals surface area contributed by atoms with E-state index in [2.05, 4.69) is 21.3 Å². The predicted octanol–water partition coefficient (Wildman–Crippen LogP) is -0.0150. The SMILES string of the molecule is CC(NNC(=S)NN)c1ccccn1. The second-order valence-corrected chi connectivity index (χ2v) is 3.13. The van der Waals surface area contributed by atoms with Gasteiger partial charge in [0.2, 0.25) is 0 Å². The van der Waals surface area contributed by atoms with Gasteiger partial charge in [0.15, 0.2) is 5.11 Å². The summed E-state index contributed by atoms with van der Waals surface area (Å²) in [7, 11) is 0.